The van der Waals surface area contributed by atoms with Crippen LogP contribution in [-0.4, -0.2) is 39.8 Å². The van der Waals surface area contributed by atoms with Crippen molar-refractivity contribution >= 4 is 21.6 Å². The molecule has 0 unspecified atom stereocenters. The number of carbonyl (C=O) groups is 1. The normalized spacial score (nSPS) is 11.3. The number of sulfonamides is 1. The number of anilines is 1. The maximum absolute atomic E-state index is 12.4. The Bertz CT molecular complexity index is 926. The molecule has 0 aliphatic rings. The lowest BCUT2D eigenvalue weighted by Gasteiger charge is -2.22. The van der Waals surface area contributed by atoms with Crippen LogP contribution < -0.4 is 14.4 Å². The number of nitrogens with one attached hydrogen (secondary N) is 1. The molecule has 0 aliphatic carbocycles. The second kappa shape index (κ2) is 10.3. The first kappa shape index (κ1) is 22.7. The van der Waals surface area contributed by atoms with Crippen molar-refractivity contribution in [2.24, 2.45) is 0 Å². The average Bonchev–Trinajstić information content (AvgIpc) is 2.62. The van der Waals surface area contributed by atoms with Gasteiger partial charge in [-0.05, 0) is 51.3 Å². The Morgan fingerprint density at radius 3 is 2.52 bits per heavy atom. The average molecular weight is 419 g/mol. The van der Waals surface area contributed by atoms with Gasteiger partial charge in [-0.3, -0.25) is 9.10 Å². The molecule has 0 heterocycles. The molecule has 0 bridgehead atoms. The Kier molecular flexibility index (Phi) is 8.08. The van der Waals surface area contributed by atoms with E-state index < -0.39 is 10.0 Å². The predicted octanol–water partition coefficient (Wildman–Crippen LogP) is 3.30. The summed E-state index contributed by atoms with van der Waals surface area (Å²) in [5.74, 6) is 0.222. The minimum absolute atomic E-state index is 0.0337. The van der Waals surface area contributed by atoms with Gasteiger partial charge < -0.3 is 10.1 Å². The summed E-state index contributed by atoms with van der Waals surface area (Å²) in [6.45, 7) is 6.05. The van der Waals surface area contributed by atoms with E-state index in [1.165, 1.54) is 11.1 Å². The molecule has 0 atom stereocenters. The van der Waals surface area contributed by atoms with Crippen molar-refractivity contribution in [2.75, 3.05) is 23.7 Å². The van der Waals surface area contributed by atoms with E-state index >= 15 is 0 Å². The van der Waals surface area contributed by atoms with Crippen LogP contribution in [0.15, 0.2) is 48.5 Å². The van der Waals surface area contributed by atoms with Crippen molar-refractivity contribution in [1.82, 2.24) is 5.32 Å². The maximum Gasteiger partial charge on any atom is 0.240 e. The summed E-state index contributed by atoms with van der Waals surface area (Å²) in [6.07, 6.45) is 2.69. The Balaban J connectivity index is 1.95. The fourth-order valence-electron chi connectivity index (χ4n) is 2.96. The summed E-state index contributed by atoms with van der Waals surface area (Å²) < 4.78 is 31.2. The molecule has 6 nitrogen and oxygen atoms in total. The Hall–Kier alpha value is -2.54. The van der Waals surface area contributed by atoms with Gasteiger partial charge >= 0.3 is 0 Å². The van der Waals surface area contributed by atoms with Gasteiger partial charge in [0.1, 0.15) is 12.3 Å². The number of amides is 1. The first-order valence-electron chi connectivity index (χ1n) is 9.72. The molecule has 158 valence electrons. The summed E-state index contributed by atoms with van der Waals surface area (Å²) >= 11 is 0. The fraction of sp³-hybridized carbons (Fsp3) is 0.409. The van der Waals surface area contributed by atoms with Crippen molar-refractivity contribution in [3.8, 4) is 5.75 Å². The van der Waals surface area contributed by atoms with E-state index in [2.05, 4.69) is 17.4 Å². The zero-order valence-corrected chi connectivity index (χ0v) is 18.3. The molecule has 0 saturated carbocycles. The Labute approximate surface area is 173 Å². The van der Waals surface area contributed by atoms with Crippen LogP contribution in [0.5, 0.6) is 5.75 Å². The lowest BCUT2D eigenvalue weighted by molar-refractivity contribution is -0.119. The molecule has 0 spiro atoms. The monoisotopic (exact) mass is 418 g/mol. The third-order valence-corrected chi connectivity index (χ3v) is 5.35. The number of hydrogen-bond acceptors (Lipinski definition) is 4. The zero-order valence-electron chi connectivity index (χ0n) is 17.5. The highest BCUT2D eigenvalue weighted by atomic mass is 32.2. The number of ether oxygens (including phenoxy) is 1. The first-order valence-corrected chi connectivity index (χ1v) is 11.6. The molecule has 29 heavy (non-hydrogen) atoms. The lowest BCUT2D eigenvalue weighted by atomic mass is 10.1. The van der Waals surface area contributed by atoms with Crippen LogP contribution >= 0.6 is 0 Å². The van der Waals surface area contributed by atoms with Crippen LogP contribution in [0.4, 0.5) is 5.69 Å². The molecular weight excluding hydrogens is 388 g/mol. The van der Waals surface area contributed by atoms with Crippen molar-refractivity contribution in [1.29, 1.82) is 0 Å². The highest BCUT2D eigenvalue weighted by Gasteiger charge is 2.21. The summed E-state index contributed by atoms with van der Waals surface area (Å²) in [5.41, 5.74) is 2.83. The second-order valence-corrected chi connectivity index (χ2v) is 9.28. The number of hydrogen-bond donors (Lipinski definition) is 1. The van der Waals surface area contributed by atoms with Crippen molar-refractivity contribution in [3.05, 3.63) is 59.7 Å². The van der Waals surface area contributed by atoms with Crippen molar-refractivity contribution in [2.45, 2.75) is 39.7 Å². The van der Waals surface area contributed by atoms with Gasteiger partial charge in [0.2, 0.25) is 15.9 Å². The minimum Gasteiger partial charge on any atom is -0.491 e. The van der Waals surface area contributed by atoms with Crippen molar-refractivity contribution in [3.63, 3.8) is 0 Å². The predicted molar refractivity (Wildman–Crippen MR) is 117 cm³/mol. The number of carbonyl (C=O) groups excluding carboxylic acids is 1. The Morgan fingerprint density at radius 1 is 1.14 bits per heavy atom. The quantitative estimate of drug-likeness (QED) is 0.601. The van der Waals surface area contributed by atoms with Gasteiger partial charge in [0, 0.05) is 12.6 Å². The van der Waals surface area contributed by atoms with E-state index in [1.54, 1.807) is 24.3 Å². The van der Waals surface area contributed by atoms with E-state index in [4.69, 9.17) is 4.74 Å². The molecule has 0 aliphatic heterocycles. The van der Waals surface area contributed by atoms with Crippen LogP contribution in [0, 0.1) is 6.92 Å². The lowest BCUT2D eigenvalue weighted by Crippen LogP contribution is -2.40. The van der Waals surface area contributed by atoms with Gasteiger partial charge in [-0.1, -0.05) is 35.9 Å². The highest BCUT2D eigenvalue weighted by molar-refractivity contribution is 7.92. The second-order valence-electron chi connectivity index (χ2n) is 7.38. The first-order chi connectivity index (χ1) is 13.6. The topological polar surface area (TPSA) is 75.7 Å². The van der Waals surface area contributed by atoms with E-state index in [0.717, 1.165) is 23.4 Å². The van der Waals surface area contributed by atoms with E-state index in [1.807, 2.05) is 32.9 Å². The van der Waals surface area contributed by atoms with Gasteiger partial charge in [0.05, 0.1) is 18.0 Å². The van der Waals surface area contributed by atoms with Crippen LogP contribution in [0.3, 0.4) is 0 Å². The van der Waals surface area contributed by atoms with Gasteiger partial charge in [0.25, 0.3) is 0 Å². The summed E-state index contributed by atoms with van der Waals surface area (Å²) in [5, 5.41) is 2.81. The molecule has 2 aromatic carbocycles. The summed E-state index contributed by atoms with van der Waals surface area (Å²) in [6, 6.07) is 15.0. The molecule has 1 N–H and O–H groups in total. The maximum atomic E-state index is 12.4. The van der Waals surface area contributed by atoms with E-state index in [0.29, 0.717) is 18.0 Å². The SMILES string of the molecule is Cc1cccc(CCCNC(=O)CN(c2cccc(OC(C)C)c2)S(C)(=O)=O)c1. The van der Waals surface area contributed by atoms with Crippen LogP contribution in [0.1, 0.15) is 31.4 Å². The zero-order chi connectivity index (χ0) is 21.4. The molecule has 2 rings (SSSR count). The third kappa shape index (κ3) is 7.77. The highest BCUT2D eigenvalue weighted by Crippen LogP contribution is 2.23. The molecule has 0 radical (unpaired) electrons. The van der Waals surface area contributed by atoms with Crippen molar-refractivity contribution < 1.29 is 17.9 Å². The van der Waals surface area contributed by atoms with Crippen LogP contribution in [-0.2, 0) is 21.2 Å². The summed E-state index contributed by atoms with van der Waals surface area (Å²) in [7, 11) is -3.62. The number of benzene rings is 2. The standard InChI is InChI=1S/C22H30N2O4S/c1-17(2)28-21-12-6-11-20(15-21)24(29(4,26)27)16-22(25)23-13-7-10-19-9-5-8-18(3)14-19/h5-6,8-9,11-12,14-15,17H,7,10,13,16H2,1-4H3,(H,23,25). The summed E-state index contributed by atoms with van der Waals surface area (Å²) in [4.78, 5) is 12.4. The van der Waals surface area contributed by atoms with Crippen LogP contribution in [0.25, 0.3) is 0 Å². The smallest absolute Gasteiger partial charge is 0.240 e. The molecule has 0 saturated heterocycles. The van der Waals surface area contributed by atoms with Gasteiger partial charge in [-0.25, -0.2) is 8.42 Å². The molecular formula is C22H30N2O4S. The van der Waals surface area contributed by atoms with Gasteiger partial charge in [0.15, 0.2) is 0 Å². The Morgan fingerprint density at radius 2 is 1.86 bits per heavy atom. The van der Waals surface area contributed by atoms with E-state index in [-0.39, 0.29) is 18.6 Å². The molecule has 0 fully saturated rings. The number of rotatable bonds is 10. The van der Waals surface area contributed by atoms with Gasteiger partial charge in [-0.15, -0.1) is 0 Å². The van der Waals surface area contributed by atoms with Crippen LogP contribution in [0.2, 0.25) is 0 Å². The molecule has 7 heteroatoms. The third-order valence-electron chi connectivity index (χ3n) is 4.21. The fourth-order valence-corrected chi connectivity index (χ4v) is 3.81. The molecule has 0 aromatic heterocycles. The molecule has 1 amide bonds. The molecule has 2 aromatic rings. The minimum atomic E-state index is -3.62. The number of aryl methyl sites for hydroxylation is 2. The van der Waals surface area contributed by atoms with E-state index in [9.17, 15) is 13.2 Å². The van der Waals surface area contributed by atoms with Gasteiger partial charge in [-0.2, -0.15) is 0 Å². The number of nitrogens with zero attached hydrogens (tertiary/aromatic N) is 1. The largest absolute Gasteiger partial charge is 0.491 e.